The molecule has 0 amide bonds. The molecule has 0 aromatic carbocycles. The van der Waals surface area contributed by atoms with Crippen LogP contribution in [0.4, 0.5) is 0 Å². The molecule has 1 unspecified atom stereocenters. The molecule has 0 heterocycles. The summed E-state index contributed by atoms with van der Waals surface area (Å²) in [5.41, 5.74) is 0. The van der Waals surface area contributed by atoms with Crippen LogP contribution in [-0.2, 0) is 4.74 Å². The van der Waals surface area contributed by atoms with Crippen LogP contribution >= 0.6 is 0 Å². The van der Waals surface area contributed by atoms with E-state index in [1.54, 1.807) is 7.11 Å². The van der Waals surface area contributed by atoms with Crippen LogP contribution in [0, 0.1) is 6.92 Å². The van der Waals surface area contributed by atoms with Gasteiger partial charge in [0.25, 0.3) is 0 Å². The van der Waals surface area contributed by atoms with Gasteiger partial charge in [0.1, 0.15) is 0 Å². The first kappa shape index (κ1) is 13.2. The molecule has 1 nitrogen and oxygen atoms in total. The fraction of sp³-hybridized carbons (Fsp3) is 0.875. The number of rotatable bonds is 5. The summed E-state index contributed by atoms with van der Waals surface area (Å²) in [6.07, 6.45) is 4.96. The van der Waals surface area contributed by atoms with Gasteiger partial charge >= 0.3 is 18.9 Å². The predicted octanol–water partition coefficient (Wildman–Crippen LogP) is -0.580. The molecule has 0 aliphatic rings. The van der Waals surface area contributed by atoms with Crippen LogP contribution in [0.25, 0.3) is 0 Å². The van der Waals surface area contributed by atoms with Crippen LogP contribution in [-0.4, -0.2) is 13.2 Å². The Morgan fingerprint density at radius 1 is 1.50 bits per heavy atom. The van der Waals surface area contributed by atoms with Gasteiger partial charge < -0.3 is 11.7 Å². The largest absolute Gasteiger partial charge is 1.00 e. The van der Waals surface area contributed by atoms with Crippen LogP contribution in [0.2, 0.25) is 0 Å². The first-order valence-electron chi connectivity index (χ1n) is 3.67. The third-order valence-electron chi connectivity index (χ3n) is 1.56. The van der Waals surface area contributed by atoms with E-state index in [1.165, 1.54) is 6.42 Å². The third-order valence-corrected chi connectivity index (χ3v) is 1.56. The second-order valence-corrected chi connectivity index (χ2v) is 2.26. The van der Waals surface area contributed by atoms with Crippen molar-refractivity contribution < 1.29 is 23.6 Å². The van der Waals surface area contributed by atoms with E-state index >= 15 is 0 Å². The van der Waals surface area contributed by atoms with E-state index in [1.807, 2.05) is 0 Å². The molecule has 0 spiro atoms. The minimum Gasteiger partial charge on any atom is -0.381 e. The Bertz CT molecular complexity index is 53.2. The van der Waals surface area contributed by atoms with Gasteiger partial charge in [-0.1, -0.05) is 13.3 Å². The van der Waals surface area contributed by atoms with E-state index in [-0.39, 0.29) is 18.9 Å². The van der Waals surface area contributed by atoms with E-state index in [4.69, 9.17) is 4.74 Å². The Morgan fingerprint density at radius 2 is 2.10 bits per heavy atom. The Kier molecular flexibility index (Phi) is 12.6. The molecule has 0 aliphatic carbocycles. The molecular weight excluding hydrogens is 119 g/mol. The molecule has 0 radical (unpaired) electrons. The maximum absolute atomic E-state index is 5.17. The van der Waals surface area contributed by atoms with Crippen LogP contribution in [0.5, 0.6) is 0 Å². The zero-order valence-electron chi connectivity index (χ0n) is 7.52. The van der Waals surface area contributed by atoms with Gasteiger partial charge in [-0.15, -0.1) is 0 Å². The Morgan fingerprint density at radius 3 is 2.40 bits per heavy atom. The van der Waals surface area contributed by atoms with Crippen LogP contribution in [0.15, 0.2) is 0 Å². The van der Waals surface area contributed by atoms with E-state index in [0.717, 1.165) is 19.3 Å². The molecule has 10 heavy (non-hydrogen) atoms. The minimum atomic E-state index is 0. The molecule has 0 aromatic heterocycles. The van der Waals surface area contributed by atoms with E-state index in [2.05, 4.69) is 13.8 Å². The summed E-state index contributed by atoms with van der Waals surface area (Å²) < 4.78 is 5.17. The molecule has 0 bridgehead atoms. The molecular formula is C8H17LiO. The van der Waals surface area contributed by atoms with Crippen LogP contribution in [0.1, 0.15) is 32.6 Å². The Labute approximate surface area is 76.7 Å². The third kappa shape index (κ3) is 6.67. The molecule has 0 aromatic rings. The zero-order chi connectivity index (χ0) is 7.11. The van der Waals surface area contributed by atoms with Gasteiger partial charge in [0.05, 0.1) is 6.10 Å². The molecule has 2 heteroatoms. The topological polar surface area (TPSA) is 9.23 Å². The number of methoxy groups -OCH3 is 1. The second-order valence-electron chi connectivity index (χ2n) is 2.26. The van der Waals surface area contributed by atoms with Crippen molar-refractivity contribution in [3.8, 4) is 0 Å². The quantitative estimate of drug-likeness (QED) is 0.363. The van der Waals surface area contributed by atoms with Crippen molar-refractivity contribution in [1.82, 2.24) is 0 Å². The number of unbranched alkanes of at least 4 members (excludes halogenated alkanes) is 1. The second kappa shape index (κ2) is 9.56. The van der Waals surface area contributed by atoms with Gasteiger partial charge in [-0.05, 0) is 12.8 Å². The normalized spacial score (nSPS) is 12.3. The van der Waals surface area contributed by atoms with Crippen LogP contribution < -0.4 is 18.9 Å². The monoisotopic (exact) mass is 136 g/mol. The van der Waals surface area contributed by atoms with E-state index in [0.29, 0.717) is 6.10 Å². The fourth-order valence-corrected chi connectivity index (χ4v) is 0.861. The van der Waals surface area contributed by atoms with Crippen molar-refractivity contribution >= 4 is 0 Å². The van der Waals surface area contributed by atoms with Gasteiger partial charge in [0.2, 0.25) is 0 Å². The molecule has 0 saturated carbocycles. The summed E-state index contributed by atoms with van der Waals surface area (Å²) in [6.45, 7) is 5.92. The number of hydrogen-bond donors (Lipinski definition) is 0. The summed E-state index contributed by atoms with van der Waals surface area (Å²) in [6, 6.07) is 0. The van der Waals surface area contributed by atoms with E-state index < -0.39 is 0 Å². The summed E-state index contributed by atoms with van der Waals surface area (Å²) in [7, 11) is 1.78. The van der Waals surface area contributed by atoms with Crippen molar-refractivity contribution in [2.75, 3.05) is 7.11 Å². The smallest absolute Gasteiger partial charge is 0.381 e. The summed E-state index contributed by atoms with van der Waals surface area (Å²) in [5, 5.41) is 0. The molecule has 1 atom stereocenters. The molecule has 0 rings (SSSR count). The van der Waals surface area contributed by atoms with Crippen molar-refractivity contribution in [1.29, 1.82) is 0 Å². The molecule has 0 saturated heterocycles. The molecule has 56 valence electrons. The van der Waals surface area contributed by atoms with Gasteiger partial charge in [-0.3, -0.25) is 0 Å². The maximum atomic E-state index is 5.17. The average molecular weight is 136 g/mol. The number of ether oxygens (including phenoxy) is 1. The van der Waals surface area contributed by atoms with Crippen molar-refractivity contribution in [2.45, 2.75) is 38.7 Å². The van der Waals surface area contributed by atoms with Gasteiger partial charge in [0.15, 0.2) is 0 Å². The summed E-state index contributed by atoms with van der Waals surface area (Å²) in [5.74, 6) is 0. The first-order valence-corrected chi connectivity index (χ1v) is 3.67. The molecule has 0 N–H and O–H groups in total. The van der Waals surface area contributed by atoms with Gasteiger partial charge in [0, 0.05) is 7.11 Å². The minimum absolute atomic E-state index is 0. The van der Waals surface area contributed by atoms with Crippen LogP contribution in [0.3, 0.4) is 0 Å². The van der Waals surface area contributed by atoms with E-state index in [9.17, 15) is 0 Å². The van der Waals surface area contributed by atoms with Crippen molar-refractivity contribution in [3.05, 3.63) is 6.92 Å². The SMILES string of the molecule is [CH2-]CCCC(CC)OC.[Li+]. The standard InChI is InChI=1S/C8H17O.Li/c1-4-6-7-8(5-2)9-3;/h8H,1,4-7H2,2-3H3;/q-1;+1. The predicted molar refractivity (Wildman–Crippen MR) is 40.3 cm³/mol. The van der Waals surface area contributed by atoms with Gasteiger partial charge in [-0.25, -0.2) is 0 Å². The number of hydrogen-bond acceptors (Lipinski definition) is 1. The first-order chi connectivity index (χ1) is 4.35. The molecule has 0 fully saturated rings. The van der Waals surface area contributed by atoms with Gasteiger partial charge in [-0.2, -0.15) is 6.42 Å². The summed E-state index contributed by atoms with van der Waals surface area (Å²) in [4.78, 5) is 0. The maximum Gasteiger partial charge on any atom is 1.00 e. The zero-order valence-corrected chi connectivity index (χ0v) is 7.52. The average Bonchev–Trinajstić information content (AvgIpc) is 1.91. The molecule has 0 aliphatic heterocycles. The van der Waals surface area contributed by atoms with Crippen molar-refractivity contribution in [2.24, 2.45) is 0 Å². The summed E-state index contributed by atoms with van der Waals surface area (Å²) >= 11 is 0. The van der Waals surface area contributed by atoms with Crippen molar-refractivity contribution in [3.63, 3.8) is 0 Å². The Balaban J connectivity index is 0. The fourth-order valence-electron chi connectivity index (χ4n) is 0.861. The Hall–Kier alpha value is 0.557.